The highest BCUT2D eigenvalue weighted by Gasteiger charge is 2.01. The molecule has 15 heavy (non-hydrogen) atoms. The Hall–Kier alpha value is 0.140. The molecule has 0 N–H and O–H groups in total. The van der Waals surface area contributed by atoms with Gasteiger partial charge in [-0.1, -0.05) is 54.0 Å². The SMILES string of the molecule is Br.CCN(CC)Cc1cccc(CBr)c1. The molecule has 0 saturated carbocycles. The van der Waals surface area contributed by atoms with Crippen LogP contribution in [-0.4, -0.2) is 18.0 Å². The highest BCUT2D eigenvalue weighted by Crippen LogP contribution is 2.10. The van der Waals surface area contributed by atoms with Crippen molar-refractivity contribution in [3.63, 3.8) is 0 Å². The fraction of sp³-hybridized carbons (Fsp3) is 0.500. The van der Waals surface area contributed by atoms with E-state index in [2.05, 4.69) is 58.9 Å². The standard InChI is InChI=1S/C12H18BrN.BrH/c1-3-14(4-2)10-12-7-5-6-11(8-12)9-13;/h5-8H,3-4,9-10H2,1-2H3;1H. The van der Waals surface area contributed by atoms with Crippen LogP contribution in [0.1, 0.15) is 25.0 Å². The Kier molecular flexibility index (Phi) is 8.39. The molecule has 0 aromatic heterocycles. The molecule has 0 aliphatic heterocycles. The van der Waals surface area contributed by atoms with Crippen LogP contribution in [-0.2, 0) is 11.9 Å². The second-order valence-electron chi connectivity index (χ2n) is 3.41. The van der Waals surface area contributed by atoms with Gasteiger partial charge in [0.25, 0.3) is 0 Å². The summed E-state index contributed by atoms with van der Waals surface area (Å²) < 4.78 is 0. The van der Waals surface area contributed by atoms with Gasteiger partial charge in [0.05, 0.1) is 0 Å². The van der Waals surface area contributed by atoms with Crippen LogP contribution in [0, 0.1) is 0 Å². The number of halogens is 2. The third-order valence-electron chi connectivity index (χ3n) is 2.45. The molecular formula is C12H19Br2N. The van der Waals surface area contributed by atoms with Gasteiger partial charge >= 0.3 is 0 Å². The summed E-state index contributed by atoms with van der Waals surface area (Å²) in [6.45, 7) is 7.72. The predicted molar refractivity (Wildman–Crippen MR) is 76.0 cm³/mol. The van der Waals surface area contributed by atoms with Crippen molar-refractivity contribution >= 4 is 32.9 Å². The molecule has 1 aromatic carbocycles. The summed E-state index contributed by atoms with van der Waals surface area (Å²) >= 11 is 3.48. The Morgan fingerprint density at radius 1 is 1.13 bits per heavy atom. The van der Waals surface area contributed by atoms with Crippen molar-refractivity contribution in [3.05, 3.63) is 35.4 Å². The Morgan fingerprint density at radius 3 is 2.27 bits per heavy atom. The summed E-state index contributed by atoms with van der Waals surface area (Å²) in [6.07, 6.45) is 0. The van der Waals surface area contributed by atoms with Crippen LogP contribution in [0.2, 0.25) is 0 Å². The zero-order valence-electron chi connectivity index (χ0n) is 9.37. The Balaban J connectivity index is 0.00000196. The van der Waals surface area contributed by atoms with Gasteiger partial charge < -0.3 is 0 Å². The first-order valence-corrected chi connectivity index (χ1v) is 6.28. The number of nitrogens with zero attached hydrogens (tertiary/aromatic N) is 1. The molecule has 0 aliphatic carbocycles. The number of alkyl halides is 1. The van der Waals surface area contributed by atoms with Crippen molar-refractivity contribution in [1.82, 2.24) is 4.90 Å². The monoisotopic (exact) mass is 335 g/mol. The van der Waals surface area contributed by atoms with Crippen LogP contribution in [0.15, 0.2) is 24.3 Å². The average molecular weight is 337 g/mol. The van der Waals surface area contributed by atoms with Crippen molar-refractivity contribution in [2.75, 3.05) is 13.1 Å². The van der Waals surface area contributed by atoms with E-state index in [0.29, 0.717) is 0 Å². The summed E-state index contributed by atoms with van der Waals surface area (Å²) in [6, 6.07) is 8.76. The lowest BCUT2D eigenvalue weighted by Crippen LogP contribution is -2.22. The normalized spacial score (nSPS) is 10.1. The third kappa shape index (κ3) is 5.14. The summed E-state index contributed by atoms with van der Waals surface area (Å²) in [5, 5.41) is 0.944. The predicted octanol–water partition coefficient (Wildman–Crippen LogP) is 4.00. The van der Waals surface area contributed by atoms with E-state index in [9.17, 15) is 0 Å². The quantitative estimate of drug-likeness (QED) is 0.734. The minimum absolute atomic E-state index is 0. The third-order valence-corrected chi connectivity index (χ3v) is 3.09. The van der Waals surface area contributed by atoms with E-state index in [-0.39, 0.29) is 17.0 Å². The fourth-order valence-electron chi connectivity index (χ4n) is 1.52. The minimum Gasteiger partial charge on any atom is -0.300 e. The largest absolute Gasteiger partial charge is 0.300 e. The van der Waals surface area contributed by atoms with E-state index in [0.717, 1.165) is 25.0 Å². The summed E-state index contributed by atoms with van der Waals surface area (Å²) in [7, 11) is 0. The van der Waals surface area contributed by atoms with Gasteiger partial charge in [-0.25, -0.2) is 0 Å². The van der Waals surface area contributed by atoms with E-state index < -0.39 is 0 Å². The van der Waals surface area contributed by atoms with Crippen LogP contribution in [0.25, 0.3) is 0 Å². The number of benzene rings is 1. The van der Waals surface area contributed by atoms with Gasteiger partial charge in [-0.05, 0) is 24.2 Å². The van der Waals surface area contributed by atoms with Crippen LogP contribution >= 0.6 is 32.9 Å². The second-order valence-corrected chi connectivity index (χ2v) is 3.98. The average Bonchev–Trinajstić information content (AvgIpc) is 2.26. The Labute approximate surface area is 112 Å². The van der Waals surface area contributed by atoms with Crippen LogP contribution in [0.5, 0.6) is 0 Å². The first-order chi connectivity index (χ1) is 6.80. The topological polar surface area (TPSA) is 3.24 Å². The van der Waals surface area contributed by atoms with Crippen molar-refractivity contribution in [1.29, 1.82) is 0 Å². The number of hydrogen-bond donors (Lipinski definition) is 0. The summed E-state index contributed by atoms with van der Waals surface area (Å²) in [5.74, 6) is 0. The van der Waals surface area contributed by atoms with Crippen LogP contribution < -0.4 is 0 Å². The van der Waals surface area contributed by atoms with Gasteiger partial charge in [0, 0.05) is 11.9 Å². The molecule has 3 heteroatoms. The Morgan fingerprint density at radius 2 is 1.73 bits per heavy atom. The van der Waals surface area contributed by atoms with E-state index >= 15 is 0 Å². The lowest BCUT2D eigenvalue weighted by molar-refractivity contribution is 0.296. The smallest absolute Gasteiger partial charge is 0.0283 e. The molecule has 1 rings (SSSR count). The number of hydrogen-bond acceptors (Lipinski definition) is 1. The van der Waals surface area contributed by atoms with Gasteiger partial charge in [0.1, 0.15) is 0 Å². The molecule has 0 aliphatic rings. The van der Waals surface area contributed by atoms with Crippen molar-refractivity contribution < 1.29 is 0 Å². The first kappa shape index (κ1) is 15.1. The highest BCUT2D eigenvalue weighted by atomic mass is 79.9. The molecule has 1 nitrogen and oxygen atoms in total. The Bertz CT molecular complexity index is 272. The molecule has 0 unspecified atom stereocenters. The van der Waals surface area contributed by atoms with Crippen molar-refractivity contribution in [3.8, 4) is 0 Å². The fourth-order valence-corrected chi connectivity index (χ4v) is 1.87. The zero-order chi connectivity index (χ0) is 10.4. The minimum atomic E-state index is 0. The van der Waals surface area contributed by atoms with Gasteiger partial charge in [-0.15, -0.1) is 17.0 Å². The summed E-state index contributed by atoms with van der Waals surface area (Å²) in [4.78, 5) is 2.42. The molecule has 0 amide bonds. The molecule has 86 valence electrons. The summed E-state index contributed by atoms with van der Waals surface area (Å²) in [5.41, 5.74) is 2.76. The molecule has 0 bridgehead atoms. The molecule has 0 fully saturated rings. The second kappa shape index (κ2) is 8.31. The highest BCUT2D eigenvalue weighted by molar-refractivity contribution is 9.08. The van der Waals surface area contributed by atoms with Gasteiger partial charge in [-0.3, -0.25) is 4.90 Å². The van der Waals surface area contributed by atoms with E-state index in [1.165, 1.54) is 11.1 Å². The van der Waals surface area contributed by atoms with Crippen LogP contribution in [0.3, 0.4) is 0 Å². The first-order valence-electron chi connectivity index (χ1n) is 5.16. The lowest BCUT2D eigenvalue weighted by atomic mass is 10.1. The lowest BCUT2D eigenvalue weighted by Gasteiger charge is -2.18. The van der Waals surface area contributed by atoms with Crippen molar-refractivity contribution in [2.45, 2.75) is 25.7 Å². The molecule has 0 heterocycles. The number of rotatable bonds is 5. The maximum absolute atomic E-state index is 3.48. The molecule has 0 spiro atoms. The molecule has 0 radical (unpaired) electrons. The molecular weight excluding hydrogens is 318 g/mol. The van der Waals surface area contributed by atoms with Crippen molar-refractivity contribution in [2.24, 2.45) is 0 Å². The maximum atomic E-state index is 3.48. The molecule has 0 atom stereocenters. The molecule has 0 saturated heterocycles. The van der Waals surface area contributed by atoms with E-state index in [1.807, 2.05) is 0 Å². The van der Waals surface area contributed by atoms with Crippen LogP contribution in [0.4, 0.5) is 0 Å². The maximum Gasteiger partial charge on any atom is 0.0283 e. The van der Waals surface area contributed by atoms with E-state index in [4.69, 9.17) is 0 Å². The molecule has 1 aromatic rings. The van der Waals surface area contributed by atoms with Gasteiger partial charge in [-0.2, -0.15) is 0 Å². The van der Waals surface area contributed by atoms with Gasteiger partial charge in [0.15, 0.2) is 0 Å². The van der Waals surface area contributed by atoms with E-state index in [1.54, 1.807) is 0 Å². The van der Waals surface area contributed by atoms with Gasteiger partial charge in [0.2, 0.25) is 0 Å². The zero-order valence-corrected chi connectivity index (χ0v) is 12.7.